The van der Waals surface area contributed by atoms with Crippen molar-refractivity contribution in [1.82, 2.24) is 14.5 Å². The average Bonchev–Trinajstić information content (AvgIpc) is 2.51. The Bertz CT molecular complexity index is 776. The Labute approximate surface area is 157 Å². The minimum atomic E-state index is -3.58. The van der Waals surface area contributed by atoms with Crippen molar-refractivity contribution in [3.05, 3.63) is 28.3 Å². The molecule has 0 saturated carbocycles. The van der Waals surface area contributed by atoms with Crippen LogP contribution in [-0.4, -0.2) is 55.4 Å². The molecule has 2 amide bonds. The summed E-state index contributed by atoms with van der Waals surface area (Å²) in [5, 5.41) is 2.93. The molecule has 1 heterocycles. The Hall–Kier alpha value is -1.60. The van der Waals surface area contributed by atoms with E-state index in [1.807, 2.05) is 54.5 Å². The van der Waals surface area contributed by atoms with Crippen molar-refractivity contribution in [3.63, 3.8) is 0 Å². The number of benzene rings is 1. The highest BCUT2D eigenvalue weighted by Crippen LogP contribution is 2.29. The molecule has 0 atom stereocenters. The molecule has 1 aliphatic rings. The SMILES string of the molecule is Cc1cc(C)c(C)c(S(=O)(=O)N2CCN(C(=O)NC(C)(C)C)CC2)c1C. The topological polar surface area (TPSA) is 69.7 Å². The maximum absolute atomic E-state index is 13.2. The van der Waals surface area contributed by atoms with Crippen molar-refractivity contribution >= 4 is 16.1 Å². The van der Waals surface area contributed by atoms with E-state index in [2.05, 4.69) is 5.32 Å². The summed E-state index contributed by atoms with van der Waals surface area (Å²) in [5.74, 6) is 0. The molecular weight excluding hydrogens is 350 g/mol. The van der Waals surface area contributed by atoms with Crippen molar-refractivity contribution in [2.24, 2.45) is 0 Å². The summed E-state index contributed by atoms with van der Waals surface area (Å²) in [6.45, 7) is 14.8. The number of nitrogens with zero attached hydrogens (tertiary/aromatic N) is 2. The van der Waals surface area contributed by atoms with Crippen molar-refractivity contribution in [1.29, 1.82) is 0 Å². The van der Waals surface area contributed by atoms with E-state index in [0.29, 0.717) is 31.1 Å². The first-order chi connectivity index (χ1) is 11.8. The van der Waals surface area contributed by atoms with Gasteiger partial charge in [-0.1, -0.05) is 6.07 Å². The lowest BCUT2D eigenvalue weighted by Crippen LogP contribution is -2.56. The summed E-state index contributed by atoms with van der Waals surface area (Å²) in [6, 6.07) is 1.88. The van der Waals surface area contributed by atoms with Crippen LogP contribution in [0.2, 0.25) is 0 Å². The highest BCUT2D eigenvalue weighted by atomic mass is 32.2. The predicted octanol–water partition coefficient (Wildman–Crippen LogP) is 2.73. The van der Waals surface area contributed by atoms with Crippen LogP contribution < -0.4 is 5.32 Å². The van der Waals surface area contributed by atoms with Crippen LogP contribution in [0.5, 0.6) is 0 Å². The second kappa shape index (κ2) is 7.19. The first-order valence-corrected chi connectivity index (χ1v) is 10.4. The summed E-state index contributed by atoms with van der Waals surface area (Å²) in [7, 11) is -3.58. The fourth-order valence-corrected chi connectivity index (χ4v) is 5.23. The minimum Gasteiger partial charge on any atom is -0.333 e. The van der Waals surface area contributed by atoms with Gasteiger partial charge in [-0.15, -0.1) is 0 Å². The van der Waals surface area contributed by atoms with E-state index in [9.17, 15) is 13.2 Å². The fraction of sp³-hybridized carbons (Fsp3) is 0.632. The Morgan fingerprint density at radius 2 is 1.42 bits per heavy atom. The van der Waals surface area contributed by atoms with Crippen LogP contribution in [0.25, 0.3) is 0 Å². The summed E-state index contributed by atoms with van der Waals surface area (Å²) in [4.78, 5) is 14.4. The van der Waals surface area contributed by atoms with Crippen molar-refractivity contribution in [2.75, 3.05) is 26.2 Å². The fourth-order valence-electron chi connectivity index (χ4n) is 3.23. The van der Waals surface area contributed by atoms with Gasteiger partial charge in [-0.05, 0) is 70.7 Å². The van der Waals surface area contributed by atoms with Gasteiger partial charge in [0.25, 0.3) is 0 Å². The molecule has 0 spiro atoms. The van der Waals surface area contributed by atoms with E-state index >= 15 is 0 Å². The first-order valence-electron chi connectivity index (χ1n) is 8.99. The molecule has 1 aromatic rings. The molecule has 0 aliphatic carbocycles. The van der Waals surface area contributed by atoms with Crippen LogP contribution in [0, 0.1) is 27.7 Å². The number of urea groups is 1. The van der Waals surface area contributed by atoms with Crippen LogP contribution in [0.3, 0.4) is 0 Å². The lowest BCUT2D eigenvalue weighted by atomic mass is 10.0. The third kappa shape index (κ3) is 4.20. The maximum Gasteiger partial charge on any atom is 0.317 e. The van der Waals surface area contributed by atoms with E-state index in [1.54, 1.807) is 4.90 Å². The Balaban J connectivity index is 2.21. The molecule has 0 bridgehead atoms. The van der Waals surface area contributed by atoms with Crippen LogP contribution >= 0.6 is 0 Å². The van der Waals surface area contributed by atoms with Crippen molar-refractivity contribution < 1.29 is 13.2 Å². The van der Waals surface area contributed by atoms with Crippen LogP contribution in [-0.2, 0) is 10.0 Å². The number of nitrogens with one attached hydrogen (secondary N) is 1. The molecule has 1 fully saturated rings. The molecule has 1 aliphatic heterocycles. The van der Waals surface area contributed by atoms with Crippen LogP contribution in [0.4, 0.5) is 4.79 Å². The smallest absolute Gasteiger partial charge is 0.317 e. The van der Waals surface area contributed by atoms with Gasteiger partial charge in [0.05, 0.1) is 4.90 Å². The highest BCUT2D eigenvalue weighted by Gasteiger charge is 2.33. The monoisotopic (exact) mass is 381 g/mol. The number of hydrogen-bond donors (Lipinski definition) is 1. The second-order valence-corrected chi connectivity index (χ2v) is 10.0. The number of carbonyl (C=O) groups excluding carboxylic acids is 1. The predicted molar refractivity (Wildman–Crippen MR) is 104 cm³/mol. The molecule has 1 aromatic carbocycles. The van der Waals surface area contributed by atoms with E-state index in [0.717, 1.165) is 22.3 Å². The van der Waals surface area contributed by atoms with Gasteiger partial charge in [0.2, 0.25) is 10.0 Å². The summed E-state index contributed by atoms with van der Waals surface area (Å²) in [5.41, 5.74) is 3.26. The molecule has 26 heavy (non-hydrogen) atoms. The standard InChI is InChI=1S/C19H31N3O3S/c1-13-12-14(2)16(4)17(15(13)3)26(24,25)22-10-8-21(9-11-22)18(23)20-19(5,6)7/h12H,8-11H2,1-7H3,(H,20,23). The molecule has 2 rings (SSSR count). The minimum absolute atomic E-state index is 0.145. The van der Waals surface area contributed by atoms with Gasteiger partial charge < -0.3 is 10.2 Å². The van der Waals surface area contributed by atoms with Gasteiger partial charge in [-0.25, -0.2) is 13.2 Å². The van der Waals surface area contributed by atoms with Crippen molar-refractivity contribution in [3.8, 4) is 0 Å². The molecule has 1 N–H and O–H groups in total. The van der Waals surface area contributed by atoms with Gasteiger partial charge in [0.1, 0.15) is 0 Å². The largest absolute Gasteiger partial charge is 0.333 e. The van der Waals surface area contributed by atoms with E-state index in [-0.39, 0.29) is 11.6 Å². The van der Waals surface area contributed by atoms with Crippen LogP contribution in [0.1, 0.15) is 43.0 Å². The number of sulfonamides is 1. The van der Waals surface area contributed by atoms with Gasteiger partial charge in [-0.3, -0.25) is 0 Å². The maximum atomic E-state index is 13.2. The zero-order chi connectivity index (χ0) is 19.9. The molecule has 0 radical (unpaired) electrons. The summed E-state index contributed by atoms with van der Waals surface area (Å²) < 4.78 is 28.0. The van der Waals surface area contributed by atoms with Crippen LogP contribution in [0.15, 0.2) is 11.0 Å². The molecular formula is C19H31N3O3S. The molecule has 146 valence electrons. The number of amides is 2. The Morgan fingerprint density at radius 1 is 0.962 bits per heavy atom. The van der Waals surface area contributed by atoms with E-state index < -0.39 is 10.0 Å². The lowest BCUT2D eigenvalue weighted by Gasteiger charge is -2.36. The van der Waals surface area contributed by atoms with Gasteiger partial charge in [0, 0.05) is 31.7 Å². The summed E-state index contributed by atoms with van der Waals surface area (Å²) >= 11 is 0. The number of aryl methyl sites for hydroxylation is 2. The quantitative estimate of drug-likeness (QED) is 0.856. The summed E-state index contributed by atoms with van der Waals surface area (Å²) in [6.07, 6.45) is 0. The number of hydrogen-bond acceptors (Lipinski definition) is 3. The molecule has 6 nitrogen and oxygen atoms in total. The molecule has 0 unspecified atom stereocenters. The molecule has 0 aromatic heterocycles. The Morgan fingerprint density at radius 3 is 1.85 bits per heavy atom. The third-order valence-electron chi connectivity index (χ3n) is 4.90. The van der Waals surface area contributed by atoms with E-state index in [4.69, 9.17) is 0 Å². The zero-order valence-electron chi connectivity index (χ0n) is 16.9. The first kappa shape index (κ1) is 20.7. The number of rotatable bonds is 2. The normalized spacial score (nSPS) is 16.7. The van der Waals surface area contributed by atoms with Gasteiger partial charge >= 0.3 is 6.03 Å². The lowest BCUT2D eigenvalue weighted by molar-refractivity contribution is 0.165. The van der Waals surface area contributed by atoms with Gasteiger partial charge in [-0.2, -0.15) is 4.31 Å². The number of piperazine rings is 1. The second-order valence-electron chi connectivity index (χ2n) is 8.16. The highest BCUT2D eigenvalue weighted by molar-refractivity contribution is 7.89. The average molecular weight is 382 g/mol. The van der Waals surface area contributed by atoms with Gasteiger partial charge in [0.15, 0.2) is 0 Å². The van der Waals surface area contributed by atoms with E-state index in [1.165, 1.54) is 4.31 Å². The Kier molecular flexibility index (Phi) is 5.73. The third-order valence-corrected chi connectivity index (χ3v) is 7.08. The van der Waals surface area contributed by atoms with Crippen molar-refractivity contribution in [2.45, 2.75) is 58.9 Å². The molecule has 1 saturated heterocycles. The zero-order valence-corrected chi connectivity index (χ0v) is 17.7. The molecule has 7 heteroatoms. The number of carbonyl (C=O) groups is 1.